The molecule has 6 aliphatic rings. The molecule has 6 nitrogen and oxygen atoms in total. The molecule has 6 heteroatoms. The lowest BCUT2D eigenvalue weighted by Gasteiger charge is -2.42. The van der Waals surface area contributed by atoms with Gasteiger partial charge >= 0.3 is 0 Å². The van der Waals surface area contributed by atoms with Gasteiger partial charge in [0.25, 0.3) is 0 Å². The van der Waals surface area contributed by atoms with Crippen molar-refractivity contribution >= 4 is 0 Å². The summed E-state index contributed by atoms with van der Waals surface area (Å²) in [5.74, 6) is 2.19. The van der Waals surface area contributed by atoms with E-state index in [4.69, 9.17) is 4.74 Å². The number of hydrogen-bond donors (Lipinski definition) is 4. The zero-order valence-corrected chi connectivity index (χ0v) is 30.9. The van der Waals surface area contributed by atoms with Gasteiger partial charge in [0.1, 0.15) is 11.5 Å². The third kappa shape index (κ3) is 4.90. The fraction of sp³-hybridized carbons (Fsp3) is 0.160. The second-order valence-corrected chi connectivity index (χ2v) is 15.8. The third-order valence-electron chi connectivity index (χ3n) is 12.8. The van der Waals surface area contributed by atoms with E-state index in [2.05, 4.69) is 184 Å². The van der Waals surface area contributed by atoms with Gasteiger partial charge in [-0.25, -0.2) is 0 Å². The first kappa shape index (κ1) is 32.2. The Labute approximate surface area is 327 Å². The van der Waals surface area contributed by atoms with E-state index in [0.717, 1.165) is 25.4 Å². The molecule has 0 aromatic heterocycles. The number of rotatable bonds is 5. The Morgan fingerprint density at radius 3 is 1.88 bits per heavy atom. The summed E-state index contributed by atoms with van der Waals surface area (Å²) in [4.78, 5) is 2.54. The molecule has 5 heterocycles. The van der Waals surface area contributed by atoms with Crippen LogP contribution in [-0.4, -0.2) is 30.6 Å². The molecule has 2 fully saturated rings. The maximum absolute atomic E-state index is 6.74. The second-order valence-electron chi connectivity index (χ2n) is 15.8. The predicted molar refractivity (Wildman–Crippen MR) is 222 cm³/mol. The third-order valence-corrected chi connectivity index (χ3v) is 12.8. The van der Waals surface area contributed by atoms with E-state index in [-0.39, 0.29) is 23.9 Å². The average molecular weight is 728 g/mol. The van der Waals surface area contributed by atoms with Crippen LogP contribution in [0.15, 0.2) is 187 Å². The van der Waals surface area contributed by atoms with Crippen LogP contribution in [0, 0.1) is 0 Å². The van der Waals surface area contributed by atoms with Crippen LogP contribution in [0.25, 0.3) is 33.4 Å². The molecule has 0 amide bonds. The maximum atomic E-state index is 6.74. The Balaban J connectivity index is 0.894. The zero-order valence-electron chi connectivity index (χ0n) is 30.9. The van der Waals surface area contributed by atoms with Gasteiger partial charge in [0, 0.05) is 37.0 Å². The SMILES string of the molecule is C1=CC2=C(CN1)C1(C3=C(O2)C2CN2C3)c2ccccc2-c2ccc(-c3cccc(-c4ccc(C5NC(c6ccccc6)NC(c6ccccc6)N5)cc4)c3)cc21. The van der Waals surface area contributed by atoms with Crippen molar-refractivity contribution in [3.63, 3.8) is 0 Å². The van der Waals surface area contributed by atoms with Crippen LogP contribution in [0.2, 0.25) is 0 Å². The molecule has 12 rings (SSSR count). The molecule has 0 radical (unpaired) electrons. The Morgan fingerprint density at radius 2 is 1.14 bits per heavy atom. The number of allylic oxidation sites excluding steroid dienone is 1. The topological polar surface area (TPSA) is 60.4 Å². The van der Waals surface area contributed by atoms with E-state index in [1.54, 1.807) is 0 Å². The molecule has 272 valence electrons. The normalized spacial score (nSPS) is 26.5. The minimum Gasteiger partial charge on any atom is -0.460 e. The Morgan fingerprint density at radius 1 is 0.536 bits per heavy atom. The van der Waals surface area contributed by atoms with Crippen LogP contribution < -0.4 is 21.3 Å². The number of ether oxygens (including phenoxy) is 1. The number of fused-ring (bicyclic) bond motifs is 9. The van der Waals surface area contributed by atoms with Crippen molar-refractivity contribution in [3.8, 4) is 33.4 Å². The first-order chi connectivity index (χ1) is 27.7. The molecule has 2 saturated heterocycles. The molecular formula is C50H41N5O. The Kier molecular flexibility index (Phi) is 7.20. The van der Waals surface area contributed by atoms with Crippen molar-refractivity contribution in [1.82, 2.24) is 26.2 Å². The van der Waals surface area contributed by atoms with Gasteiger partial charge in [-0.3, -0.25) is 20.9 Å². The predicted octanol–water partition coefficient (Wildman–Crippen LogP) is 8.82. The summed E-state index contributed by atoms with van der Waals surface area (Å²) >= 11 is 0. The Hall–Kier alpha value is -6.02. The summed E-state index contributed by atoms with van der Waals surface area (Å²) in [6.07, 6.45) is 4.13. The molecule has 1 aliphatic carbocycles. The summed E-state index contributed by atoms with van der Waals surface area (Å²) < 4.78 is 6.74. The van der Waals surface area contributed by atoms with Crippen LogP contribution in [-0.2, 0) is 10.2 Å². The van der Waals surface area contributed by atoms with Crippen molar-refractivity contribution in [2.75, 3.05) is 19.6 Å². The number of nitrogens with one attached hydrogen (secondary N) is 4. The van der Waals surface area contributed by atoms with E-state index in [1.165, 1.54) is 78.1 Å². The molecule has 6 aromatic carbocycles. The van der Waals surface area contributed by atoms with E-state index in [9.17, 15) is 0 Å². The molecule has 5 atom stereocenters. The van der Waals surface area contributed by atoms with Crippen molar-refractivity contribution in [2.24, 2.45) is 0 Å². The van der Waals surface area contributed by atoms with Crippen molar-refractivity contribution < 1.29 is 4.74 Å². The monoisotopic (exact) mass is 727 g/mol. The Bertz CT molecular complexity index is 2580. The first-order valence-electron chi connectivity index (χ1n) is 19.8. The standard InChI is InChI=1S/C50H41N5O/c1-3-10-32(11-4-1)47-52-48(33-12-5-2-6-13-33)54-49(53-47)34-20-18-31(19-21-34)35-14-9-15-36(26-35)37-22-23-39-38-16-7-8-17-40(38)50(41(39)27-37)42-28-51-25-24-45(42)56-46-43(50)29-55-30-44(46)55/h1-27,44,47-49,51-54H,28-30H2. The summed E-state index contributed by atoms with van der Waals surface area (Å²) in [5, 5.41) is 15.0. The fourth-order valence-corrected chi connectivity index (χ4v) is 10.1. The van der Waals surface area contributed by atoms with Crippen molar-refractivity contribution in [1.29, 1.82) is 0 Å². The number of benzene rings is 6. The molecular weight excluding hydrogens is 687 g/mol. The molecule has 1 spiro atoms. The van der Waals surface area contributed by atoms with Gasteiger partial charge < -0.3 is 10.1 Å². The quantitative estimate of drug-likeness (QED) is 0.133. The minimum absolute atomic E-state index is 0.00197. The van der Waals surface area contributed by atoms with Crippen LogP contribution in [0.1, 0.15) is 46.3 Å². The molecule has 4 N–H and O–H groups in total. The van der Waals surface area contributed by atoms with Gasteiger partial charge in [-0.15, -0.1) is 0 Å². The van der Waals surface area contributed by atoms with Crippen LogP contribution in [0.5, 0.6) is 0 Å². The number of nitrogens with zero attached hydrogens (tertiary/aromatic N) is 1. The van der Waals surface area contributed by atoms with E-state index < -0.39 is 0 Å². The van der Waals surface area contributed by atoms with Gasteiger partial charge in [-0.1, -0.05) is 140 Å². The van der Waals surface area contributed by atoms with E-state index in [1.807, 2.05) is 6.20 Å². The lowest BCUT2D eigenvalue weighted by molar-refractivity contribution is 0.203. The summed E-state index contributed by atoms with van der Waals surface area (Å²) in [6, 6.07) is 55.9. The molecule has 56 heavy (non-hydrogen) atoms. The smallest absolute Gasteiger partial charge is 0.131 e. The van der Waals surface area contributed by atoms with E-state index in [0.29, 0.717) is 6.04 Å². The highest BCUT2D eigenvalue weighted by Crippen LogP contribution is 2.63. The molecule has 0 saturated carbocycles. The zero-order chi connectivity index (χ0) is 36.8. The highest BCUT2D eigenvalue weighted by molar-refractivity contribution is 5.89. The van der Waals surface area contributed by atoms with Gasteiger partial charge in [0.2, 0.25) is 0 Å². The average Bonchev–Trinajstić information content (AvgIpc) is 3.88. The highest BCUT2D eigenvalue weighted by Gasteiger charge is 2.60. The molecule has 0 bridgehead atoms. The lowest BCUT2D eigenvalue weighted by Crippen LogP contribution is -2.54. The first-order valence-corrected chi connectivity index (χ1v) is 19.8. The molecule has 6 aromatic rings. The van der Waals surface area contributed by atoms with Crippen molar-refractivity contribution in [3.05, 3.63) is 214 Å². The van der Waals surface area contributed by atoms with Gasteiger partial charge in [0.15, 0.2) is 0 Å². The second kappa shape index (κ2) is 12.5. The summed E-state index contributed by atoms with van der Waals surface area (Å²) in [5.41, 5.74) is 16.3. The van der Waals surface area contributed by atoms with E-state index >= 15 is 0 Å². The van der Waals surface area contributed by atoms with Gasteiger partial charge in [0.05, 0.1) is 30.0 Å². The van der Waals surface area contributed by atoms with Gasteiger partial charge in [-0.2, -0.15) is 0 Å². The van der Waals surface area contributed by atoms with Crippen molar-refractivity contribution in [2.45, 2.75) is 30.0 Å². The van der Waals surface area contributed by atoms with Gasteiger partial charge in [-0.05, 0) is 79.4 Å². The molecule has 5 unspecified atom stereocenters. The summed E-state index contributed by atoms with van der Waals surface area (Å²) in [6.45, 7) is 2.81. The van der Waals surface area contributed by atoms with Crippen LogP contribution in [0.3, 0.4) is 0 Å². The minimum atomic E-state index is -0.348. The number of hydrogen-bond acceptors (Lipinski definition) is 6. The van der Waals surface area contributed by atoms with Crippen LogP contribution >= 0.6 is 0 Å². The largest absolute Gasteiger partial charge is 0.460 e. The van der Waals surface area contributed by atoms with Crippen LogP contribution in [0.4, 0.5) is 0 Å². The lowest BCUT2D eigenvalue weighted by atomic mass is 9.64. The highest BCUT2D eigenvalue weighted by atomic mass is 16.5. The molecule has 5 aliphatic heterocycles. The summed E-state index contributed by atoms with van der Waals surface area (Å²) in [7, 11) is 0. The maximum Gasteiger partial charge on any atom is 0.131 e. The number of dihydropyridines is 1. The fourth-order valence-electron chi connectivity index (χ4n) is 10.1.